The number of amides is 1. The van der Waals surface area contributed by atoms with Gasteiger partial charge in [-0.25, -0.2) is 15.0 Å². The summed E-state index contributed by atoms with van der Waals surface area (Å²) in [5, 5.41) is 7.02. The van der Waals surface area contributed by atoms with Gasteiger partial charge in [-0.2, -0.15) is 4.98 Å². The lowest BCUT2D eigenvalue weighted by molar-refractivity contribution is -0.125. The first-order valence-corrected chi connectivity index (χ1v) is 11.2. The minimum absolute atomic E-state index is 0.0490. The van der Waals surface area contributed by atoms with Gasteiger partial charge in [0.25, 0.3) is 5.89 Å². The van der Waals surface area contributed by atoms with Gasteiger partial charge in [0.05, 0.1) is 17.6 Å². The molecule has 1 amide bonds. The minimum atomic E-state index is -0.0490. The Hall–Kier alpha value is -3.82. The van der Waals surface area contributed by atoms with Crippen LogP contribution in [0, 0.1) is 12.8 Å². The number of para-hydroxylation sites is 2. The van der Waals surface area contributed by atoms with E-state index in [2.05, 4.69) is 40.3 Å². The van der Waals surface area contributed by atoms with Gasteiger partial charge in [0.1, 0.15) is 23.0 Å². The zero-order valence-corrected chi connectivity index (χ0v) is 18.7. The number of rotatable bonds is 6. The first-order chi connectivity index (χ1) is 16.1. The molecule has 0 radical (unpaired) electrons. The number of fused-ring (bicyclic) bond motifs is 1. The lowest BCUT2D eigenvalue weighted by Gasteiger charge is -2.32. The Labute approximate surface area is 190 Å². The van der Waals surface area contributed by atoms with Crippen LogP contribution in [-0.2, 0) is 17.8 Å². The van der Waals surface area contributed by atoms with E-state index in [0.29, 0.717) is 43.6 Å². The van der Waals surface area contributed by atoms with Crippen LogP contribution in [0.1, 0.15) is 37.2 Å². The molecule has 1 aliphatic heterocycles. The van der Waals surface area contributed by atoms with Crippen molar-refractivity contribution in [3.8, 4) is 11.5 Å². The predicted molar refractivity (Wildman–Crippen MR) is 122 cm³/mol. The zero-order valence-electron chi connectivity index (χ0n) is 18.7. The molecule has 0 bridgehead atoms. The van der Waals surface area contributed by atoms with Crippen molar-refractivity contribution in [1.29, 1.82) is 0 Å². The number of imidazole rings is 1. The third-order valence-electron chi connectivity index (χ3n) is 5.94. The summed E-state index contributed by atoms with van der Waals surface area (Å²) in [5.74, 6) is 3.29. The quantitative estimate of drug-likeness (QED) is 0.463. The zero-order chi connectivity index (χ0) is 22.8. The Morgan fingerprint density at radius 3 is 2.79 bits per heavy atom. The predicted octanol–water partition coefficient (Wildman–Crippen LogP) is 2.81. The topological polar surface area (TPSA) is 126 Å². The molecule has 2 N–H and O–H groups in total. The number of hydrogen-bond acceptors (Lipinski definition) is 8. The molecule has 1 fully saturated rings. The van der Waals surface area contributed by atoms with Crippen molar-refractivity contribution >= 4 is 22.8 Å². The van der Waals surface area contributed by atoms with E-state index in [1.807, 2.05) is 38.1 Å². The third-order valence-corrected chi connectivity index (χ3v) is 5.94. The Morgan fingerprint density at radius 1 is 1.21 bits per heavy atom. The van der Waals surface area contributed by atoms with Crippen LogP contribution >= 0.6 is 0 Å². The van der Waals surface area contributed by atoms with E-state index < -0.39 is 0 Å². The van der Waals surface area contributed by atoms with Crippen LogP contribution in [0.4, 0.5) is 5.82 Å². The summed E-state index contributed by atoms with van der Waals surface area (Å²) in [6.07, 6.45) is 3.90. The number of carbonyl (C=O) groups excluding carboxylic acids is 1. The maximum Gasteiger partial charge on any atom is 0.263 e. The lowest BCUT2D eigenvalue weighted by atomic mass is 9.95. The Morgan fingerprint density at radius 2 is 2.03 bits per heavy atom. The second-order valence-corrected chi connectivity index (χ2v) is 8.20. The normalized spacial score (nSPS) is 14.7. The highest BCUT2D eigenvalue weighted by Crippen LogP contribution is 2.30. The second kappa shape index (κ2) is 8.97. The van der Waals surface area contributed by atoms with Gasteiger partial charge < -0.3 is 19.7 Å². The monoisotopic (exact) mass is 446 g/mol. The number of aromatic nitrogens is 6. The van der Waals surface area contributed by atoms with Crippen LogP contribution in [0.15, 0.2) is 35.0 Å². The fourth-order valence-electron chi connectivity index (χ4n) is 4.11. The van der Waals surface area contributed by atoms with Gasteiger partial charge in [-0.05, 0) is 31.9 Å². The number of aryl methyl sites for hydroxylation is 2. The summed E-state index contributed by atoms with van der Waals surface area (Å²) in [6, 6.07) is 7.84. The number of nitrogens with zero attached hydrogens (tertiary/aromatic N) is 6. The van der Waals surface area contributed by atoms with Gasteiger partial charge in [0.2, 0.25) is 5.91 Å². The van der Waals surface area contributed by atoms with Gasteiger partial charge in [-0.1, -0.05) is 24.2 Å². The highest BCUT2D eigenvalue weighted by molar-refractivity contribution is 5.79. The van der Waals surface area contributed by atoms with E-state index in [9.17, 15) is 4.79 Å². The fourth-order valence-corrected chi connectivity index (χ4v) is 4.11. The maximum absolute atomic E-state index is 12.8. The Bertz CT molecular complexity index is 1240. The largest absolute Gasteiger partial charge is 0.356 e. The number of nitrogens with one attached hydrogen (secondary N) is 2. The molecule has 0 spiro atoms. The van der Waals surface area contributed by atoms with E-state index in [1.54, 1.807) is 6.20 Å². The molecule has 3 aromatic heterocycles. The van der Waals surface area contributed by atoms with E-state index in [-0.39, 0.29) is 11.8 Å². The molecule has 0 saturated carbocycles. The fraction of sp³-hybridized carbons (Fsp3) is 0.391. The average molecular weight is 447 g/mol. The summed E-state index contributed by atoms with van der Waals surface area (Å²) in [6.45, 7) is 5.64. The van der Waals surface area contributed by atoms with Gasteiger partial charge in [0.15, 0.2) is 5.82 Å². The molecule has 1 saturated heterocycles. The summed E-state index contributed by atoms with van der Waals surface area (Å²) < 4.78 is 5.43. The smallest absolute Gasteiger partial charge is 0.263 e. The SMILES string of the molecule is CCc1noc(-c2cnc(C)nc2N2CCC(C(=O)NCc3nc4ccccc4[nH]3)CC2)n1. The highest BCUT2D eigenvalue weighted by Gasteiger charge is 2.28. The third kappa shape index (κ3) is 4.41. The van der Waals surface area contributed by atoms with Crippen molar-refractivity contribution in [3.63, 3.8) is 0 Å². The van der Waals surface area contributed by atoms with Crippen molar-refractivity contribution in [2.45, 2.75) is 39.7 Å². The molecule has 4 heterocycles. The number of H-pyrrole nitrogens is 1. The number of aromatic amines is 1. The van der Waals surface area contributed by atoms with Gasteiger partial charge in [-0.3, -0.25) is 4.79 Å². The molecular formula is C23H26N8O2. The first-order valence-electron chi connectivity index (χ1n) is 11.2. The molecule has 0 aliphatic carbocycles. The van der Waals surface area contributed by atoms with E-state index in [1.165, 1.54) is 0 Å². The molecule has 0 unspecified atom stereocenters. The Balaban J connectivity index is 1.22. The van der Waals surface area contributed by atoms with Crippen LogP contribution in [0.3, 0.4) is 0 Å². The van der Waals surface area contributed by atoms with Crippen LogP contribution in [0.5, 0.6) is 0 Å². The summed E-state index contributed by atoms with van der Waals surface area (Å²) in [5.41, 5.74) is 2.59. The molecule has 4 aromatic rings. The maximum atomic E-state index is 12.8. The molecule has 33 heavy (non-hydrogen) atoms. The molecule has 0 atom stereocenters. The van der Waals surface area contributed by atoms with Crippen LogP contribution in [0.2, 0.25) is 0 Å². The van der Waals surface area contributed by atoms with Gasteiger partial charge in [0, 0.05) is 31.6 Å². The first kappa shape index (κ1) is 21.0. The van der Waals surface area contributed by atoms with Gasteiger partial charge in [-0.15, -0.1) is 0 Å². The van der Waals surface area contributed by atoms with Crippen molar-refractivity contribution in [3.05, 3.63) is 47.9 Å². The van der Waals surface area contributed by atoms with Crippen LogP contribution in [-0.4, -0.2) is 49.1 Å². The van der Waals surface area contributed by atoms with E-state index in [0.717, 1.165) is 41.1 Å². The summed E-state index contributed by atoms with van der Waals surface area (Å²) in [4.78, 5) is 36.1. The lowest BCUT2D eigenvalue weighted by Crippen LogP contribution is -2.41. The Kier molecular flexibility index (Phi) is 5.72. The van der Waals surface area contributed by atoms with E-state index >= 15 is 0 Å². The van der Waals surface area contributed by atoms with Crippen molar-refractivity contribution in [1.82, 2.24) is 35.4 Å². The second-order valence-electron chi connectivity index (χ2n) is 8.20. The van der Waals surface area contributed by atoms with Crippen molar-refractivity contribution in [2.24, 2.45) is 5.92 Å². The molecule has 170 valence electrons. The molecule has 10 heteroatoms. The minimum Gasteiger partial charge on any atom is -0.356 e. The standard InChI is InChI=1S/C23H26N8O2/c1-3-19-29-23(33-30-19)16-12-24-14(2)26-21(16)31-10-8-15(9-11-31)22(32)25-13-20-27-17-6-4-5-7-18(17)28-20/h4-7,12,15H,3,8-11,13H2,1-2H3,(H,25,32)(H,27,28). The summed E-state index contributed by atoms with van der Waals surface area (Å²) in [7, 11) is 0. The molecule has 1 aliphatic rings. The molecule has 5 rings (SSSR count). The van der Waals surface area contributed by atoms with Crippen LogP contribution in [0.25, 0.3) is 22.5 Å². The summed E-state index contributed by atoms with van der Waals surface area (Å²) >= 11 is 0. The number of piperidine rings is 1. The van der Waals surface area contributed by atoms with Crippen LogP contribution < -0.4 is 10.2 Å². The van der Waals surface area contributed by atoms with Crippen molar-refractivity contribution < 1.29 is 9.32 Å². The molecule has 10 nitrogen and oxygen atoms in total. The number of anilines is 1. The van der Waals surface area contributed by atoms with E-state index in [4.69, 9.17) is 4.52 Å². The van der Waals surface area contributed by atoms with Gasteiger partial charge >= 0.3 is 0 Å². The van der Waals surface area contributed by atoms with Crippen molar-refractivity contribution in [2.75, 3.05) is 18.0 Å². The highest BCUT2D eigenvalue weighted by atomic mass is 16.5. The number of benzene rings is 1. The number of carbonyl (C=O) groups is 1. The number of hydrogen-bond donors (Lipinski definition) is 2. The molecular weight excluding hydrogens is 420 g/mol. The molecule has 1 aromatic carbocycles. The average Bonchev–Trinajstić information content (AvgIpc) is 3.49.